The third-order valence-corrected chi connectivity index (χ3v) is 8.89. The van der Waals surface area contributed by atoms with Gasteiger partial charge in [-0.2, -0.15) is 5.10 Å². The molecular weight excluding hydrogens is 546 g/mol. The zero-order valence-corrected chi connectivity index (χ0v) is 22.9. The number of benzene rings is 4. The minimum absolute atomic E-state index is 0.0625. The molecular formula is C33H25N5O5. The van der Waals surface area contributed by atoms with Crippen LogP contribution in [0, 0.1) is 28.9 Å². The van der Waals surface area contributed by atoms with Gasteiger partial charge in [0, 0.05) is 23.9 Å². The van der Waals surface area contributed by atoms with Crippen molar-refractivity contribution < 1.29 is 19.3 Å². The van der Waals surface area contributed by atoms with Crippen molar-refractivity contribution in [2.45, 2.75) is 18.3 Å². The Morgan fingerprint density at radius 1 is 0.953 bits per heavy atom. The van der Waals surface area contributed by atoms with E-state index >= 15 is 0 Å². The molecule has 0 radical (unpaired) electrons. The molecule has 43 heavy (non-hydrogen) atoms. The summed E-state index contributed by atoms with van der Waals surface area (Å²) in [5.41, 5.74) is 11.4. The lowest BCUT2D eigenvalue weighted by atomic mass is 9.47. The second-order valence-electron chi connectivity index (χ2n) is 11.1. The largest absolute Gasteiger partial charge is 0.398 e. The first kappa shape index (κ1) is 26.3. The summed E-state index contributed by atoms with van der Waals surface area (Å²) in [4.78, 5) is 54.3. The Bertz CT molecular complexity index is 1870. The van der Waals surface area contributed by atoms with Crippen LogP contribution in [0.3, 0.4) is 0 Å². The van der Waals surface area contributed by atoms with E-state index in [9.17, 15) is 24.5 Å². The predicted molar refractivity (Wildman–Crippen MR) is 160 cm³/mol. The Morgan fingerprint density at radius 3 is 2.23 bits per heavy atom. The van der Waals surface area contributed by atoms with Crippen LogP contribution in [-0.2, 0) is 15.0 Å². The minimum atomic E-state index is -1.25. The summed E-state index contributed by atoms with van der Waals surface area (Å²) in [6.07, 6.45) is 1.53. The van der Waals surface area contributed by atoms with Crippen molar-refractivity contribution in [2.75, 3.05) is 10.6 Å². The molecule has 4 aliphatic rings. The number of para-hydroxylation sites is 1. The van der Waals surface area contributed by atoms with E-state index in [1.165, 1.54) is 18.3 Å². The fourth-order valence-corrected chi connectivity index (χ4v) is 7.21. The lowest BCUT2D eigenvalue weighted by Crippen LogP contribution is -2.54. The molecule has 10 nitrogen and oxygen atoms in total. The Labute approximate surface area is 246 Å². The summed E-state index contributed by atoms with van der Waals surface area (Å²) in [6.45, 7) is 1.71. The average Bonchev–Trinajstić information content (AvgIpc) is 3.28. The normalized spacial score (nSPS) is 23.2. The van der Waals surface area contributed by atoms with E-state index < -0.39 is 45.8 Å². The molecule has 212 valence electrons. The molecule has 8 rings (SSSR count). The number of hydrogen-bond donors (Lipinski definition) is 2. The number of carbonyl (C=O) groups is 3. The van der Waals surface area contributed by atoms with E-state index in [1.54, 1.807) is 37.3 Å². The van der Waals surface area contributed by atoms with Crippen molar-refractivity contribution in [3.63, 3.8) is 0 Å². The first-order valence-electron chi connectivity index (χ1n) is 13.8. The number of nitrogens with one attached hydrogen (secondary N) is 1. The first-order valence-corrected chi connectivity index (χ1v) is 13.8. The Kier molecular flexibility index (Phi) is 5.77. The number of hydrogen-bond acceptors (Lipinski definition) is 7. The van der Waals surface area contributed by atoms with Crippen molar-refractivity contribution in [3.05, 3.63) is 134 Å². The first-order chi connectivity index (χ1) is 20.8. The van der Waals surface area contributed by atoms with Crippen LogP contribution < -0.4 is 16.1 Å². The molecule has 3 N–H and O–H groups in total. The third-order valence-electron chi connectivity index (χ3n) is 8.89. The van der Waals surface area contributed by atoms with Gasteiger partial charge in [0.25, 0.3) is 11.6 Å². The van der Waals surface area contributed by atoms with Crippen LogP contribution in [0.1, 0.15) is 44.1 Å². The molecule has 1 saturated heterocycles. The summed E-state index contributed by atoms with van der Waals surface area (Å²) >= 11 is 0. The van der Waals surface area contributed by atoms with Gasteiger partial charge in [0.05, 0.1) is 27.7 Å². The van der Waals surface area contributed by atoms with Crippen LogP contribution in [0.4, 0.5) is 17.1 Å². The number of rotatable bonds is 5. The van der Waals surface area contributed by atoms with Crippen molar-refractivity contribution in [1.29, 1.82) is 0 Å². The topological polar surface area (TPSA) is 148 Å². The van der Waals surface area contributed by atoms with E-state index in [-0.39, 0.29) is 22.6 Å². The summed E-state index contributed by atoms with van der Waals surface area (Å²) in [6, 6.07) is 26.2. The summed E-state index contributed by atoms with van der Waals surface area (Å²) in [5, 5.41) is 16.4. The molecule has 1 aliphatic heterocycles. The van der Waals surface area contributed by atoms with Gasteiger partial charge < -0.3 is 5.73 Å². The van der Waals surface area contributed by atoms with Crippen molar-refractivity contribution in [1.82, 2.24) is 5.43 Å². The highest BCUT2D eigenvalue weighted by atomic mass is 16.6. The molecule has 1 heterocycles. The van der Waals surface area contributed by atoms with Crippen LogP contribution in [0.25, 0.3) is 0 Å². The summed E-state index contributed by atoms with van der Waals surface area (Å²) < 4.78 is 0. The molecule has 3 amide bonds. The maximum Gasteiger partial charge on any atom is 0.293 e. The Hall–Kier alpha value is -5.64. The zero-order chi connectivity index (χ0) is 30.0. The molecule has 0 aromatic heterocycles. The molecule has 1 fully saturated rings. The number of anilines is 2. The number of amides is 3. The highest BCUT2D eigenvalue weighted by molar-refractivity contribution is 6.25. The van der Waals surface area contributed by atoms with E-state index in [1.807, 2.05) is 48.5 Å². The van der Waals surface area contributed by atoms with Gasteiger partial charge in [-0.15, -0.1) is 0 Å². The molecule has 10 heteroatoms. The quantitative estimate of drug-likeness (QED) is 0.119. The lowest BCUT2D eigenvalue weighted by Gasteiger charge is -2.52. The predicted octanol–water partition coefficient (Wildman–Crippen LogP) is 4.45. The van der Waals surface area contributed by atoms with Crippen LogP contribution in [0.5, 0.6) is 0 Å². The fraction of sp³-hybridized carbons (Fsp3) is 0.152. The van der Waals surface area contributed by atoms with Gasteiger partial charge in [-0.3, -0.25) is 24.5 Å². The second-order valence-corrected chi connectivity index (χ2v) is 11.1. The van der Waals surface area contributed by atoms with Gasteiger partial charge in [-0.1, -0.05) is 66.7 Å². The van der Waals surface area contributed by atoms with Gasteiger partial charge in [-0.25, -0.2) is 10.3 Å². The van der Waals surface area contributed by atoms with E-state index in [0.29, 0.717) is 5.56 Å². The van der Waals surface area contributed by atoms with Gasteiger partial charge in [0.2, 0.25) is 11.8 Å². The highest BCUT2D eigenvalue weighted by Crippen LogP contribution is 2.64. The molecule has 2 bridgehead atoms. The maximum atomic E-state index is 14.5. The van der Waals surface area contributed by atoms with Crippen molar-refractivity contribution >= 4 is 41.0 Å². The molecule has 0 unspecified atom stereocenters. The summed E-state index contributed by atoms with van der Waals surface area (Å²) in [7, 11) is 0. The van der Waals surface area contributed by atoms with Crippen LogP contribution >= 0.6 is 0 Å². The fourth-order valence-electron chi connectivity index (χ4n) is 7.21. The zero-order valence-electron chi connectivity index (χ0n) is 22.9. The molecule has 4 aromatic carbocycles. The van der Waals surface area contributed by atoms with E-state index in [4.69, 9.17) is 5.73 Å². The second kappa shape index (κ2) is 9.45. The number of imide groups is 1. The number of carbonyl (C=O) groups excluding carboxylic acids is 3. The van der Waals surface area contributed by atoms with Crippen LogP contribution in [0.15, 0.2) is 96.1 Å². The molecule has 0 spiro atoms. The molecule has 4 aromatic rings. The number of hydrazone groups is 1. The number of nitro groups is 1. The molecule has 0 saturated carbocycles. The van der Waals surface area contributed by atoms with E-state index in [0.717, 1.165) is 27.2 Å². The number of nitrogens with two attached hydrogens (primary N) is 1. The van der Waals surface area contributed by atoms with Gasteiger partial charge in [-0.05, 0) is 52.9 Å². The maximum absolute atomic E-state index is 14.5. The smallest absolute Gasteiger partial charge is 0.293 e. The SMILES string of the molecule is Cc1ccc(N2C(=O)[C@@H]3C4c5ccccc5C(/C=N\NC(=O)c5ccccc5N)(c5ccccc54)[C@H]3C2=O)c([N+](=O)[O-])c1. The van der Waals surface area contributed by atoms with Gasteiger partial charge in [0.15, 0.2) is 0 Å². The van der Waals surface area contributed by atoms with Crippen LogP contribution in [-0.4, -0.2) is 28.9 Å². The lowest BCUT2D eigenvalue weighted by molar-refractivity contribution is -0.384. The monoisotopic (exact) mass is 571 g/mol. The third kappa shape index (κ3) is 3.59. The molecule has 2 atom stereocenters. The van der Waals surface area contributed by atoms with Crippen molar-refractivity contribution in [3.8, 4) is 0 Å². The number of nitrogen functional groups attached to an aromatic ring is 1. The van der Waals surface area contributed by atoms with Gasteiger partial charge >= 0.3 is 0 Å². The van der Waals surface area contributed by atoms with Gasteiger partial charge in [0.1, 0.15) is 5.69 Å². The minimum Gasteiger partial charge on any atom is -0.398 e. The Morgan fingerprint density at radius 2 is 1.58 bits per heavy atom. The summed E-state index contributed by atoms with van der Waals surface area (Å²) in [5.74, 6) is -3.84. The van der Waals surface area contributed by atoms with E-state index in [2.05, 4.69) is 10.5 Å². The average molecular weight is 572 g/mol. The van der Waals surface area contributed by atoms with Crippen molar-refractivity contribution in [2.24, 2.45) is 16.9 Å². The number of aryl methyl sites for hydroxylation is 1. The number of nitrogens with zero attached hydrogens (tertiary/aromatic N) is 3. The standard InChI is InChI=1S/C33H25N5O5/c1-18-14-15-25(26(16-18)38(42)43)37-31(40)28-27-19-8-2-5-11-22(19)33(29(28)32(37)41,23-12-6-3-9-20(23)27)17-35-36-30(39)21-10-4-7-13-24(21)34/h2-17,27-29H,34H2,1H3,(H,36,39)/b35-17-/t27?,28-,29-,33?/m1/s1. The van der Waals surface area contributed by atoms with Crippen LogP contribution in [0.2, 0.25) is 0 Å². The Balaban J connectivity index is 1.42. The highest BCUT2D eigenvalue weighted by Gasteiger charge is 2.68. The number of nitro benzene ring substituents is 1. The molecule has 3 aliphatic carbocycles.